The zero-order valence-corrected chi connectivity index (χ0v) is 13.8. The Labute approximate surface area is 130 Å². The first-order valence-electron chi connectivity index (χ1n) is 7.64. The van der Waals surface area contributed by atoms with Gasteiger partial charge in [-0.25, -0.2) is 0 Å². The monoisotopic (exact) mass is 287 g/mol. The Kier molecular flexibility index (Phi) is 10.5. The lowest BCUT2D eigenvalue weighted by atomic mass is 10.1. The van der Waals surface area contributed by atoms with E-state index in [1.165, 1.54) is 0 Å². The lowest BCUT2D eigenvalue weighted by Crippen LogP contribution is -2.22. The van der Waals surface area contributed by atoms with Gasteiger partial charge in [0.2, 0.25) is 0 Å². The summed E-state index contributed by atoms with van der Waals surface area (Å²) in [6.45, 7) is 10.6. The molecule has 0 aliphatic heterocycles. The minimum Gasteiger partial charge on any atom is -0.348 e. The number of aryl methyl sites for hydroxylation is 1. The van der Waals surface area contributed by atoms with Crippen LogP contribution in [0.3, 0.4) is 0 Å². The summed E-state index contributed by atoms with van der Waals surface area (Å²) in [5, 5.41) is 2.90. The quantitative estimate of drug-likeness (QED) is 0.823. The van der Waals surface area contributed by atoms with Crippen molar-refractivity contribution < 1.29 is 6.22 Å². The largest absolute Gasteiger partial charge is 0.348 e. The smallest absolute Gasteiger partial charge is 0.251 e. The standard InChI is InChI=1S/C15H15NO.2C2H6.H2/c1-12-7-9-14(10-8-12)15(17)16-11-13-5-3-2-4-6-13;2*1-2;/h2-10H,11H2,1H3,(H,16,17);2*1-2H3;1H. The van der Waals surface area contributed by atoms with Crippen molar-refractivity contribution in [3.63, 3.8) is 0 Å². The third-order valence-electron chi connectivity index (χ3n) is 2.61. The Bertz CT molecular complexity index is 495. The Balaban J connectivity index is 0. The number of carbonyl (C=O) groups excluding carboxylic acids is 1. The molecule has 0 radical (unpaired) electrons. The fraction of sp³-hybridized carbons (Fsp3) is 0.316. The molecule has 2 aromatic rings. The Morgan fingerprint density at radius 3 is 1.95 bits per heavy atom. The third-order valence-corrected chi connectivity index (χ3v) is 2.61. The van der Waals surface area contributed by atoms with Crippen molar-refractivity contribution in [3.8, 4) is 0 Å². The average molecular weight is 287 g/mol. The highest BCUT2D eigenvalue weighted by atomic mass is 16.1. The number of nitrogens with one attached hydrogen (secondary N) is 1. The molecule has 1 N–H and O–H groups in total. The third kappa shape index (κ3) is 7.31. The second-order valence-corrected chi connectivity index (χ2v) is 4.03. The van der Waals surface area contributed by atoms with Gasteiger partial charge in [0.15, 0.2) is 0 Å². The van der Waals surface area contributed by atoms with Gasteiger partial charge in [-0.1, -0.05) is 75.7 Å². The van der Waals surface area contributed by atoms with E-state index in [4.69, 9.17) is 0 Å². The zero-order valence-electron chi connectivity index (χ0n) is 13.8. The molecule has 0 aromatic heterocycles. The molecule has 21 heavy (non-hydrogen) atoms. The summed E-state index contributed by atoms with van der Waals surface area (Å²) < 4.78 is 0. The van der Waals surface area contributed by atoms with Crippen molar-refractivity contribution in [3.05, 3.63) is 71.3 Å². The van der Waals surface area contributed by atoms with E-state index in [9.17, 15) is 4.79 Å². The van der Waals surface area contributed by atoms with Crippen LogP contribution < -0.4 is 5.32 Å². The maximum Gasteiger partial charge on any atom is 0.251 e. The summed E-state index contributed by atoms with van der Waals surface area (Å²) >= 11 is 0. The Morgan fingerprint density at radius 2 is 1.43 bits per heavy atom. The molecule has 116 valence electrons. The van der Waals surface area contributed by atoms with E-state index in [0.29, 0.717) is 12.1 Å². The lowest BCUT2D eigenvalue weighted by Gasteiger charge is -2.05. The second-order valence-electron chi connectivity index (χ2n) is 4.03. The van der Waals surface area contributed by atoms with Crippen molar-refractivity contribution in [1.82, 2.24) is 5.32 Å². The summed E-state index contributed by atoms with van der Waals surface area (Å²) in [7, 11) is 0. The maximum atomic E-state index is 11.8. The van der Waals surface area contributed by atoms with Gasteiger partial charge in [-0.2, -0.15) is 0 Å². The van der Waals surface area contributed by atoms with Crippen LogP contribution in [0.1, 0.15) is 50.6 Å². The fourth-order valence-corrected chi connectivity index (χ4v) is 1.59. The first-order chi connectivity index (χ1) is 10.3. The highest BCUT2D eigenvalue weighted by Crippen LogP contribution is 2.04. The molecule has 2 heteroatoms. The SMILES string of the molecule is CC.CC.Cc1ccc(C(=O)NCc2ccccc2)cc1.[HH]. The molecule has 0 fully saturated rings. The molecule has 0 atom stereocenters. The maximum absolute atomic E-state index is 11.8. The Hall–Kier alpha value is -2.09. The number of rotatable bonds is 3. The van der Waals surface area contributed by atoms with E-state index in [1.807, 2.05) is 89.2 Å². The first kappa shape index (κ1) is 18.9. The van der Waals surface area contributed by atoms with E-state index >= 15 is 0 Å². The number of hydrogen-bond acceptors (Lipinski definition) is 1. The van der Waals surface area contributed by atoms with Crippen LogP contribution in [0.2, 0.25) is 0 Å². The van der Waals surface area contributed by atoms with Gasteiger partial charge in [0.25, 0.3) is 5.91 Å². The number of amides is 1. The van der Waals surface area contributed by atoms with Gasteiger partial charge in [-0.3, -0.25) is 4.79 Å². The minimum absolute atomic E-state index is 0. The summed E-state index contributed by atoms with van der Waals surface area (Å²) in [5.41, 5.74) is 2.96. The topological polar surface area (TPSA) is 29.1 Å². The summed E-state index contributed by atoms with van der Waals surface area (Å²) in [6.07, 6.45) is 0. The molecule has 0 bridgehead atoms. The van der Waals surface area contributed by atoms with Crippen LogP contribution in [-0.2, 0) is 6.54 Å². The number of benzene rings is 2. The molecule has 0 saturated carbocycles. The highest BCUT2D eigenvalue weighted by molar-refractivity contribution is 5.94. The van der Waals surface area contributed by atoms with Crippen molar-refractivity contribution in [2.75, 3.05) is 0 Å². The molecule has 2 rings (SSSR count). The van der Waals surface area contributed by atoms with Crippen LogP contribution in [0, 0.1) is 6.92 Å². The molecule has 1 amide bonds. The zero-order chi connectivity index (χ0) is 16.1. The van der Waals surface area contributed by atoms with E-state index in [-0.39, 0.29) is 7.33 Å². The lowest BCUT2D eigenvalue weighted by molar-refractivity contribution is 0.0951. The second kappa shape index (κ2) is 11.7. The van der Waals surface area contributed by atoms with Gasteiger partial charge in [0.1, 0.15) is 0 Å². The summed E-state index contributed by atoms with van der Waals surface area (Å²) in [4.78, 5) is 11.8. The van der Waals surface area contributed by atoms with E-state index in [1.54, 1.807) is 0 Å². The molecule has 0 aliphatic rings. The number of hydrogen-bond donors (Lipinski definition) is 1. The van der Waals surface area contributed by atoms with Gasteiger partial charge >= 0.3 is 0 Å². The molecule has 0 unspecified atom stereocenters. The van der Waals surface area contributed by atoms with Crippen molar-refractivity contribution >= 4 is 5.91 Å². The van der Waals surface area contributed by atoms with Gasteiger partial charge in [-0.05, 0) is 24.6 Å². The van der Waals surface area contributed by atoms with Crippen molar-refractivity contribution in [2.45, 2.75) is 41.2 Å². The van der Waals surface area contributed by atoms with Gasteiger partial charge < -0.3 is 5.32 Å². The number of carbonyl (C=O) groups is 1. The van der Waals surface area contributed by atoms with Crippen LogP contribution in [0.5, 0.6) is 0 Å². The molecular formula is C19H29NO. The van der Waals surface area contributed by atoms with Crippen LogP contribution in [0.4, 0.5) is 0 Å². The van der Waals surface area contributed by atoms with Crippen molar-refractivity contribution in [2.24, 2.45) is 0 Å². The van der Waals surface area contributed by atoms with E-state index < -0.39 is 0 Å². The van der Waals surface area contributed by atoms with Crippen LogP contribution in [-0.4, -0.2) is 5.91 Å². The van der Waals surface area contributed by atoms with Crippen LogP contribution >= 0.6 is 0 Å². The molecular weight excluding hydrogens is 258 g/mol. The van der Waals surface area contributed by atoms with Gasteiger partial charge in [-0.15, -0.1) is 0 Å². The minimum atomic E-state index is -0.0335. The molecule has 0 spiro atoms. The first-order valence-corrected chi connectivity index (χ1v) is 7.64. The molecule has 0 saturated heterocycles. The van der Waals surface area contributed by atoms with E-state index in [2.05, 4.69) is 5.32 Å². The Morgan fingerprint density at radius 1 is 0.905 bits per heavy atom. The fourth-order valence-electron chi connectivity index (χ4n) is 1.59. The van der Waals surface area contributed by atoms with E-state index in [0.717, 1.165) is 11.1 Å². The predicted molar refractivity (Wildman–Crippen MR) is 93.6 cm³/mol. The van der Waals surface area contributed by atoms with Gasteiger partial charge in [0, 0.05) is 13.5 Å². The van der Waals surface area contributed by atoms with Crippen LogP contribution in [0.15, 0.2) is 54.6 Å². The summed E-state index contributed by atoms with van der Waals surface area (Å²) in [5.74, 6) is -0.0335. The average Bonchev–Trinajstić information content (AvgIpc) is 2.58. The molecule has 2 aromatic carbocycles. The highest BCUT2D eigenvalue weighted by Gasteiger charge is 2.03. The van der Waals surface area contributed by atoms with Gasteiger partial charge in [0.05, 0.1) is 0 Å². The van der Waals surface area contributed by atoms with Crippen molar-refractivity contribution in [1.29, 1.82) is 0 Å². The summed E-state index contributed by atoms with van der Waals surface area (Å²) in [6, 6.07) is 17.5. The molecule has 0 aliphatic carbocycles. The predicted octanol–water partition coefficient (Wildman–Crippen LogP) is 5.22. The molecule has 0 heterocycles. The molecule has 2 nitrogen and oxygen atoms in total. The normalized spacial score (nSPS) is 8.62. The van der Waals surface area contributed by atoms with Crippen LogP contribution in [0.25, 0.3) is 0 Å².